The predicted molar refractivity (Wildman–Crippen MR) is 82.5 cm³/mol. The van der Waals surface area contributed by atoms with E-state index in [1.165, 1.54) is 29.7 Å². The molecule has 0 aliphatic carbocycles. The van der Waals surface area contributed by atoms with Crippen molar-refractivity contribution in [3.63, 3.8) is 0 Å². The average Bonchev–Trinajstić information content (AvgIpc) is 2.94. The minimum atomic E-state index is -3.78. The topological polar surface area (TPSA) is 110 Å². The van der Waals surface area contributed by atoms with Gasteiger partial charge in [-0.2, -0.15) is 0 Å². The Labute approximate surface area is 124 Å². The summed E-state index contributed by atoms with van der Waals surface area (Å²) < 4.78 is 28.2. The van der Waals surface area contributed by atoms with Crippen LogP contribution in [0.3, 0.4) is 0 Å². The van der Waals surface area contributed by atoms with Gasteiger partial charge in [0.05, 0.1) is 21.4 Å². The Balaban J connectivity index is 1.98. The Hall–Kier alpha value is -2.23. The predicted octanol–water partition coefficient (Wildman–Crippen LogP) is 1.78. The number of hydrogen-bond acceptors (Lipinski definition) is 7. The van der Waals surface area contributed by atoms with E-state index in [0.29, 0.717) is 5.69 Å². The molecule has 2 heterocycles. The van der Waals surface area contributed by atoms with Crippen molar-refractivity contribution in [2.45, 2.75) is 4.90 Å². The minimum Gasteiger partial charge on any atom is -0.307 e. The fourth-order valence-corrected chi connectivity index (χ4v) is 3.73. The van der Waals surface area contributed by atoms with Gasteiger partial charge in [-0.1, -0.05) is 0 Å². The number of hydrazine groups is 1. The molecule has 0 bridgehead atoms. The molecule has 0 saturated heterocycles. The van der Waals surface area contributed by atoms with Gasteiger partial charge in [-0.3, -0.25) is 4.72 Å². The molecule has 3 aromatic rings. The molecule has 0 amide bonds. The van der Waals surface area contributed by atoms with Crippen LogP contribution < -0.4 is 16.0 Å². The lowest BCUT2D eigenvalue weighted by atomic mass is 10.3. The molecule has 0 fully saturated rings. The highest BCUT2D eigenvalue weighted by atomic mass is 32.2. The van der Waals surface area contributed by atoms with Crippen LogP contribution in [-0.2, 0) is 10.0 Å². The van der Waals surface area contributed by atoms with Crippen molar-refractivity contribution < 1.29 is 8.42 Å². The molecule has 2 aromatic heterocycles. The molecule has 3 rings (SSSR count). The van der Waals surface area contributed by atoms with Gasteiger partial charge in [0.25, 0.3) is 10.0 Å². The number of thiazole rings is 1. The summed E-state index contributed by atoms with van der Waals surface area (Å²) >= 11 is 1.44. The van der Waals surface area contributed by atoms with Gasteiger partial charge in [-0.25, -0.2) is 24.2 Å². The van der Waals surface area contributed by atoms with Crippen LogP contribution >= 0.6 is 11.3 Å². The van der Waals surface area contributed by atoms with Gasteiger partial charge in [0.1, 0.15) is 4.90 Å². The van der Waals surface area contributed by atoms with Gasteiger partial charge in [-0.15, -0.1) is 11.3 Å². The summed E-state index contributed by atoms with van der Waals surface area (Å²) in [6.07, 6.45) is 1.46. The number of nitrogen functional groups attached to an aromatic ring is 1. The number of pyridine rings is 1. The zero-order valence-electron chi connectivity index (χ0n) is 10.6. The van der Waals surface area contributed by atoms with E-state index in [-0.39, 0.29) is 10.7 Å². The zero-order valence-corrected chi connectivity index (χ0v) is 12.3. The second-order valence-corrected chi connectivity index (χ2v) is 6.67. The fourth-order valence-electron chi connectivity index (χ4n) is 1.84. The first-order chi connectivity index (χ1) is 10.1. The van der Waals surface area contributed by atoms with E-state index >= 15 is 0 Å². The van der Waals surface area contributed by atoms with E-state index in [9.17, 15) is 8.42 Å². The highest BCUT2D eigenvalue weighted by Crippen LogP contribution is 2.25. The molecule has 1 aromatic carbocycles. The van der Waals surface area contributed by atoms with Crippen molar-refractivity contribution in [2.24, 2.45) is 5.84 Å². The first-order valence-electron chi connectivity index (χ1n) is 5.88. The van der Waals surface area contributed by atoms with Gasteiger partial charge in [0.15, 0.2) is 5.82 Å². The molecule has 4 N–H and O–H groups in total. The van der Waals surface area contributed by atoms with Gasteiger partial charge >= 0.3 is 0 Å². The number of hydrogen-bond donors (Lipinski definition) is 3. The lowest BCUT2D eigenvalue weighted by molar-refractivity contribution is 0.601. The van der Waals surface area contributed by atoms with Crippen molar-refractivity contribution in [3.8, 4) is 0 Å². The van der Waals surface area contributed by atoms with Crippen molar-refractivity contribution in [3.05, 3.63) is 42.0 Å². The highest BCUT2D eigenvalue weighted by molar-refractivity contribution is 7.92. The third kappa shape index (κ3) is 2.66. The number of nitrogens with one attached hydrogen (secondary N) is 2. The monoisotopic (exact) mass is 321 g/mol. The molecule has 7 nitrogen and oxygen atoms in total. The second kappa shape index (κ2) is 5.28. The lowest BCUT2D eigenvalue weighted by Crippen LogP contribution is -2.18. The van der Waals surface area contributed by atoms with E-state index in [1.54, 1.807) is 23.7 Å². The summed E-state index contributed by atoms with van der Waals surface area (Å²) in [6.45, 7) is 0. The minimum absolute atomic E-state index is 0.0168. The smallest absolute Gasteiger partial charge is 0.265 e. The van der Waals surface area contributed by atoms with Crippen molar-refractivity contribution in [1.82, 2.24) is 9.97 Å². The molecule has 108 valence electrons. The van der Waals surface area contributed by atoms with Crippen LogP contribution in [0.1, 0.15) is 0 Å². The Morgan fingerprint density at radius 2 is 2.05 bits per heavy atom. The van der Waals surface area contributed by atoms with Gasteiger partial charge in [0.2, 0.25) is 0 Å². The van der Waals surface area contributed by atoms with Gasteiger partial charge in [0, 0.05) is 6.20 Å². The number of fused-ring (bicyclic) bond motifs is 1. The Bertz CT molecular complexity index is 891. The number of nitrogens with zero attached hydrogens (tertiary/aromatic N) is 2. The first-order valence-corrected chi connectivity index (χ1v) is 8.24. The van der Waals surface area contributed by atoms with E-state index in [4.69, 9.17) is 5.84 Å². The number of nitrogens with two attached hydrogens (primary N) is 1. The fraction of sp³-hybridized carbons (Fsp3) is 0. The standard InChI is InChI=1S/C12H11N5O2S2/c13-16-12-11(2-1-5-14-12)21(18,19)17-8-3-4-9-10(6-8)20-7-15-9/h1-7,17H,13H2,(H,14,16). The van der Waals surface area contributed by atoms with Gasteiger partial charge < -0.3 is 5.43 Å². The molecule has 0 aliphatic heterocycles. The van der Waals surface area contributed by atoms with Crippen LogP contribution in [0.5, 0.6) is 0 Å². The summed E-state index contributed by atoms with van der Waals surface area (Å²) in [4.78, 5) is 8.01. The third-order valence-corrected chi connectivity index (χ3v) is 4.99. The molecule has 0 atom stereocenters. The molecule has 0 saturated carbocycles. The summed E-state index contributed by atoms with van der Waals surface area (Å²) in [5.74, 6) is 5.38. The van der Waals surface area contributed by atoms with Crippen LogP contribution in [0, 0.1) is 0 Å². The molecule has 9 heteroatoms. The lowest BCUT2D eigenvalue weighted by Gasteiger charge is -2.10. The first kappa shape index (κ1) is 13.7. The number of sulfonamides is 1. The van der Waals surface area contributed by atoms with Crippen molar-refractivity contribution in [2.75, 3.05) is 10.1 Å². The van der Waals surface area contributed by atoms with Crippen molar-refractivity contribution >= 4 is 43.1 Å². The van der Waals surface area contributed by atoms with E-state index in [0.717, 1.165) is 10.2 Å². The normalized spacial score (nSPS) is 11.5. The van der Waals surface area contributed by atoms with Crippen LogP contribution in [-0.4, -0.2) is 18.4 Å². The van der Waals surface area contributed by atoms with Crippen molar-refractivity contribution in [1.29, 1.82) is 0 Å². The molecular formula is C12H11N5O2S2. The van der Waals surface area contributed by atoms with E-state index in [1.807, 2.05) is 0 Å². The maximum absolute atomic E-state index is 12.4. The van der Waals surface area contributed by atoms with Crippen LogP contribution in [0.4, 0.5) is 11.5 Å². The maximum Gasteiger partial charge on any atom is 0.265 e. The second-order valence-electron chi connectivity index (χ2n) is 4.13. The number of benzene rings is 1. The van der Waals surface area contributed by atoms with Crippen LogP contribution in [0.15, 0.2) is 46.9 Å². The summed E-state index contributed by atoms with van der Waals surface area (Å²) in [7, 11) is -3.78. The Morgan fingerprint density at radius 3 is 2.86 bits per heavy atom. The number of rotatable bonds is 4. The van der Waals surface area contributed by atoms with E-state index < -0.39 is 10.0 Å². The molecular weight excluding hydrogens is 310 g/mol. The largest absolute Gasteiger partial charge is 0.307 e. The van der Waals surface area contributed by atoms with Crippen LogP contribution in [0.25, 0.3) is 10.2 Å². The highest BCUT2D eigenvalue weighted by Gasteiger charge is 2.19. The Kier molecular flexibility index (Phi) is 3.45. The average molecular weight is 321 g/mol. The molecule has 21 heavy (non-hydrogen) atoms. The number of aromatic nitrogens is 2. The molecule has 0 aliphatic rings. The summed E-state index contributed by atoms with van der Waals surface area (Å²) in [5, 5.41) is 0. The SMILES string of the molecule is NNc1ncccc1S(=O)(=O)Nc1ccc2ncsc2c1. The third-order valence-electron chi connectivity index (χ3n) is 2.78. The maximum atomic E-state index is 12.4. The molecule has 0 unspecified atom stereocenters. The molecule has 0 radical (unpaired) electrons. The quantitative estimate of drug-likeness (QED) is 0.499. The van der Waals surface area contributed by atoms with Gasteiger partial charge in [-0.05, 0) is 30.3 Å². The summed E-state index contributed by atoms with van der Waals surface area (Å²) in [6, 6.07) is 8.11. The van der Waals surface area contributed by atoms with E-state index in [2.05, 4.69) is 20.1 Å². The number of anilines is 2. The Morgan fingerprint density at radius 1 is 1.19 bits per heavy atom. The summed E-state index contributed by atoms with van der Waals surface area (Å²) in [5.41, 5.74) is 5.27. The zero-order chi connectivity index (χ0) is 14.9. The van der Waals surface area contributed by atoms with Crippen LogP contribution in [0.2, 0.25) is 0 Å². The molecule has 0 spiro atoms.